The summed E-state index contributed by atoms with van der Waals surface area (Å²) in [7, 11) is 0. The van der Waals surface area contributed by atoms with Crippen LogP contribution in [-0.2, 0) is 13.0 Å². The van der Waals surface area contributed by atoms with Gasteiger partial charge in [0.05, 0.1) is 5.52 Å². The number of nitrogens with zero attached hydrogens (tertiary/aromatic N) is 2. The number of amides is 1. The van der Waals surface area contributed by atoms with Crippen molar-refractivity contribution < 1.29 is 4.79 Å². The lowest BCUT2D eigenvalue weighted by molar-refractivity contribution is 0.0996. The van der Waals surface area contributed by atoms with Gasteiger partial charge in [-0.1, -0.05) is 43.2 Å². The molecule has 2 aromatic carbocycles. The number of pyridine rings is 1. The van der Waals surface area contributed by atoms with Gasteiger partial charge in [0.15, 0.2) is 0 Å². The molecule has 2 heterocycles. The van der Waals surface area contributed by atoms with Crippen LogP contribution in [0.2, 0.25) is 0 Å². The van der Waals surface area contributed by atoms with Gasteiger partial charge in [-0.2, -0.15) is 0 Å². The SMILES string of the molecule is CCCc1nc2ccc(-c3nc(C(N)=O)cs3)cc2c(-c2ccc(C)cc2)c1CN. The van der Waals surface area contributed by atoms with Gasteiger partial charge in [0.2, 0.25) is 0 Å². The number of hydrogen-bond donors (Lipinski definition) is 2. The summed E-state index contributed by atoms with van der Waals surface area (Å²) in [5.41, 5.74) is 19.3. The maximum Gasteiger partial charge on any atom is 0.268 e. The lowest BCUT2D eigenvalue weighted by Crippen LogP contribution is -2.10. The highest BCUT2D eigenvalue weighted by Crippen LogP contribution is 2.36. The van der Waals surface area contributed by atoms with Gasteiger partial charge in [0, 0.05) is 28.6 Å². The van der Waals surface area contributed by atoms with Gasteiger partial charge in [0.25, 0.3) is 5.91 Å². The van der Waals surface area contributed by atoms with Crippen molar-refractivity contribution in [3.63, 3.8) is 0 Å². The van der Waals surface area contributed by atoms with Crippen LogP contribution >= 0.6 is 11.3 Å². The number of aromatic nitrogens is 2. The molecule has 0 bridgehead atoms. The molecule has 6 heteroatoms. The van der Waals surface area contributed by atoms with Crippen molar-refractivity contribution in [1.29, 1.82) is 0 Å². The minimum Gasteiger partial charge on any atom is -0.364 e. The van der Waals surface area contributed by atoms with E-state index in [1.807, 2.05) is 12.1 Å². The second kappa shape index (κ2) is 8.34. The van der Waals surface area contributed by atoms with Crippen LogP contribution in [0.25, 0.3) is 32.6 Å². The van der Waals surface area contributed by atoms with Gasteiger partial charge in [-0.05, 0) is 48.2 Å². The third-order valence-electron chi connectivity index (χ3n) is 5.21. The highest BCUT2D eigenvalue weighted by atomic mass is 32.1. The Morgan fingerprint density at radius 3 is 2.43 bits per heavy atom. The average Bonchev–Trinajstić information content (AvgIpc) is 3.24. The Morgan fingerprint density at radius 2 is 1.80 bits per heavy atom. The molecule has 0 saturated heterocycles. The quantitative estimate of drug-likeness (QED) is 0.470. The normalized spacial score (nSPS) is 11.2. The van der Waals surface area contributed by atoms with Crippen LogP contribution < -0.4 is 11.5 Å². The molecule has 4 rings (SSSR count). The zero-order valence-corrected chi connectivity index (χ0v) is 17.9. The standard InChI is InChI=1S/C24H24N4OS/c1-3-4-19-18(12-25)22(15-7-5-14(2)6-8-15)17-11-16(9-10-20(17)27-19)24-28-21(13-30-24)23(26)29/h5-11,13H,3-4,12,25H2,1-2H3,(H2,26,29). The molecular formula is C24H24N4OS. The van der Waals surface area contributed by atoms with Crippen LogP contribution in [0.1, 0.15) is 40.7 Å². The lowest BCUT2D eigenvalue weighted by Gasteiger charge is -2.17. The summed E-state index contributed by atoms with van der Waals surface area (Å²) in [6.07, 6.45) is 1.89. The first-order valence-corrected chi connectivity index (χ1v) is 10.9. The number of rotatable bonds is 6. The van der Waals surface area contributed by atoms with E-state index in [1.165, 1.54) is 16.9 Å². The van der Waals surface area contributed by atoms with E-state index in [0.717, 1.165) is 56.7 Å². The fourth-order valence-corrected chi connectivity index (χ4v) is 4.53. The van der Waals surface area contributed by atoms with Crippen molar-refractivity contribution in [3.05, 3.63) is 70.4 Å². The van der Waals surface area contributed by atoms with Crippen molar-refractivity contribution in [2.45, 2.75) is 33.2 Å². The van der Waals surface area contributed by atoms with Gasteiger partial charge in [-0.15, -0.1) is 11.3 Å². The Hall–Kier alpha value is -3.09. The topological polar surface area (TPSA) is 94.9 Å². The van der Waals surface area contributed by atoms with E-state index in [-0.39, 0.29) is 5.69 Å². The lowest BCUT2D eigenvalue weighted by atomic mass is 9.92. The Balaban J connectivity index is 1.99. The number of aryl methyl sites for hydroxylation is 2. The summed E-state index contributed by atoms with van der Waals surface area (Å²) in [5.74, 6) is -0.519. The molecule has 4 aromatic rings. The molecule has 0 aliphatic carbocycles. The second-order valence-electron chi connectivity index (χ2n) is 7.37. The van der Waals surface area contributed by atoms with E-state index in [2.05, 4.69) is 49.2 Å². The van der Waals surface area contributed by atoms with Crippen LogP contribution in [0.3, 0.4) is 0 Å². The maximum absolute atomic E-state index is 11.4. The van der Waals surface area contributed by atoms with E-state index in [0.29, 0.717) is 6.54 Å². The number of carbonyl (C=O) groups is 1. The molecule has 2 aromatic heterocycles. The van der Waals surface area contributed by atoms with Gasteiger partial charge in [0.1, 0.15) is 10.7 Å². The van der Waals surface area contributed by atoms with Gasteiger partial charge >= 0.3 is 0 Å². The number of primary amides is 1. The van der Waals surface area contributed by atoms with E-state index < -0.39 is 5.91 Å². The van der Waals surface area contributed by atoms with Crippen LogP contribution in [0.5, 0.6) is 0 Å². The molecule has 0 radical (unpaired) electrons. The largest absolute Gasteiger partial charge is 0.364 e. The first-order chi connectivity index (χ1) is 14.5. The Kier molecular flexibility index (Phi) is 5.61. The Morgan fingerprint density at radius 1 is 1.07 bits per heavy atom. The summed E-state index contributed by atoms with van der Waals surface area (Å²) < 4.78 is 0. The molecule has 0 aliphatic rings. The molecular weight excluding hydrogens is 392 g/mol. The number of hydrogen-bond acceptors (Lipinski definition) is 5. The van der Waals surface area contributed by atoms with Gasteiger partial charge < -0.3 is 11.5 Å². The molecule has 0 fully saturated rings. The number of benzene rings is 2. The number of nitrogens with two attached hydrogens (primary N) is 2. The number of thiazole rings is 1. The van der Waals surface area contributed by atoms with Crippen molar-refractivity contribution in [2.24, 2.45) is 11.5 Å². The van der Waals surface area contributed by atoms with E-state index in [9.17, 15) is 4.79 Å². The summed E-state index contributed by atoms with van der Waals surface area (Å²) in [6, 6.07) is 14.6. The summed E-state index contributed by atoms with van der Waals surface area (Å²) in [5, 5.41) is 3.48. The fourth-order valence-electron chi connectivity index (χ4n) is 3.72. The molecule has 0 saturated carbocycles. The molecule has 4 N–H and O–H groups in total. The summed E-state index contributed by atoms with van der Waals surface area (Å²) >= 11 is 1.41. The highest BCUT2D eigenvalue weighted by Gasteiger charge is 2.17. The van der Waals surface area contributed by atoms with E-state index in [4.69, 9.17) is 16.5 Å². The van der Waals surface area contributed by atoms with Crippen molar-refractivity contribution in [3.8, 4) is 21.7 Å². The molecule has 0 spiro atoms. The highest BCUT2D eigenvalue weighted by molar-refractivity contribution is 7.13. The zero-order valence-electron chi connectivity index (χ0n) is 17.1. The van der Waals surface area contributed by atoms with Crippen molar-refractivity contribution in [2.75, 3.05) is 0 Å². The van der Waals surface area contributed by atoms with Crippen molar-refractivity contribution in [1.82, 2.24) is 9.97 Å². The third kappa shape index (κ3) is 3.72. The van der Waals surface area contributed by atoms with Gasteiger partial charge in [-0.3, -0.25) is 9.78 Å². The zero-order chi connectivity index (χ0) is 21.3. The number of carbonyl (C=O) groups excluding carboxylic acids is 1. The Labute approximate surface area is 179 Å². The molecule has 30 heavy (non-hydrogen) atoms. The predicted octanol–water partition coefficient (Wildman–Crippen LogP) is 4.84. The molecule has 1 amide bonds. The predicted molar refractivity (Wildman–Crippen MR) is 123 cm³/mol. The van der Waals surface area contributed by atoms with Gasteiger partial charge in [-0.25, -0.2) is 4.98 Å². The average molecular weight is 417 g/mol. The minimum absolute atomic E-state index is 0.285. The molecule has 5 nitrogen and oxygen atoms in total. The third-order valence-corrected chi connectivity index (χ3v) is 6.10. The number of fused-ring (bicyclic) bond motifs is 1. The van der Waals surface area contributed by atoms with Crippen molar-refractivity contribution >= 4 is 28.1 Å². The second-order valence-corrected chi connectivity index (χ2v) is 8.22. The fraction of sp³-hybridized carbons (Fsp3) is 0.208. The van der Waals surface area contributed by atoms with Crippen LogP contribution in [-0.4, -0.2) is 15.9 Å². The van der Waals surface area contributed by atoms with Crippen LogP contribution in [0.4, 0.5) is 0 Å². The van der Waals surface area contributed by atoms with E-state index in [1.54, 1.807) is 5.38 Å². The first-order valence-electron chi connectivity index (χ1n) is 10.00. The summed E-state index contributed by atoms with van der Waals surface area (Å²) in [4.78, 5) is 20.8. The smallest absolute Gasteiger partial charge is 0.268 e. The first kappa shape index (κ1) is 20.2. The van der Waals surface area contributed by atoms with Crippen LogP contribution in [0.15, 0.2) is 47.8 Å². The molecule has 0 aliphatic heterocycles. The van der Waals surface area contributed by atoms with Crippen LogP contribution in [0, 0.1) is 6.92 Å². The summed E-state index contributed by atoms with van der Waals surface area (Å²) in [6.45, 7) is 4.66. The Bertz CT molecular complexity index is 1230. The molecule has 152 valence electrons. The molecule has 0 unspecified atom stereocenters. The maximum atomic E-state index is 11.4. The van der Waals surface area contributed by atoms with E-state index >= 15 is 0 Å². The molecule has 0 atom stereocenters. The minimum atomic E-state index is -0.519. The monoisotopic (exact) mass is 416 g/mol.